The molecule has 2 aromatic carbocycles. The van der Waals surface area contributed by atoms with Gasteiger partial charge >= 0.3 is 5.97 Å². The quantitative estimate of drug-likeness (QED) is 0.0440. The molecule has 0 spiro atoms. The standard InChI is InChI=1S/C41H60BN3O9/c1-6-7-10-29-12-14-30(15-13-29)31-16-18-32(19-17-31)35(47)25-33(20-21-38(50)51)41(53)45-39(28(4)46)37(49)23-26(2)40(52)44-34(11-8-9-22-43)36(48)24-27(3)42(5)54/h12-19,26-28,33-34,39,46,54H,6-11,20-25,43H2,1-5H3,(H,44,52)(H,45,53)(H,50,51)/t26-,27-,28-,33-,34+,39+/m1/s1. The molecule has 0 bridgehead atoms. The van der Waals surface area contributed by atoms with E-state index in [2.05, 4.69) is 29.7 Å². The fourth-order valence-corrected chi connectivity index (χ4v) is 6.07. The molecule has 0 aliphatic heterocycles. The SMILES string of the molecule is CCCCc1ccc(-c2ccc(C(=O)C[C@@H](CCC(=O)O)C(=O)N[C@H](C(=O)C[C@@H](C)C(=O)N[C@@H](CCCCN)C(=O)C[C@@H](C)B(C)O)[C@@H](C)O)cc2)cc1. The minimum atomic E-state index is -1.43. The highest BCUT2D eigenvalue weighted by Crippen LogP contribution is 2.24. The first-order chi connectivity index (χ1) is 25.6. The predicted octanol–water partition coefficient (Wildman–Crippen LogP) is 4.79. The van der Waals surface area contributed by atoms with Gasteiger partial charge in [0.25, 0.3) is 6.92 Å². The number of amides is 2. The van der Waals surface area contributed by atoms with Gasteiger partial charge in [0.05, 0.1) is 12.1 Å². The summed E-state index contributed by atoms with van der Waals surface area (Å²) < 4.78 is 0. The number of aliphatic carboxylic acids is 1. The Kier molecular flexibility index (Phi) is 20.1. The Morgan fingerprint density at radius 3 is 1.93 bits per heavy atom. The van der Waals surface area contributed by atoms with Crippen molar-refractivity contribution in [2.24, 2.45) is 17.6 Å². The Hall–Kier alpha value is -4.20. The third-order valence-electron chi connectivity index (χ3n) is 9.90. The number of carbonyl (C=O) groups is 6. The number of carbonyl (C=O) groups excluding carboxylic acids is 5. The molecular weight excluding hydrogens is 689 g/mol. The van der Waals surface area contributed by atoms with Gasteiger partial charge < -0.3 is 31.6 Å². The number of hydrogen-bond donors (Lipinski definition) is 6. The van der Waals surface area contributed by atoms with Crippen molar-refractivity contribution in [2.75, 3.05) is 6.54 Å². The maximum Gasteiger partial charge on any atom is 0.303 e. The molecule has 0 fully saturated rings. The molecule has 7 N–H and O–H groups in total. The van der Waals surface area contributed by atoms with E-state index in [9.17, 15) is 44.0 Å². The number of aliphatic hydroxyl groups excluding tert-OH is 1. The number of rotatable bonds is 26. The number of carboxylic acid groups (broad SMARTS) is 1. The van der Waals surface area contributed by atoms with Gasteiger partial charge in [-0.2, -0.15) is 0 Å². The van der Waals surface area contributed by atoms with Gasteiger partial charge in [-0.3, -0.25) is 28.8 Å². The van der Waals surface area contributed by atoms with Crippen molar-refractivity contribution in [3.05, 3.63) is 59.7 Å². The first kappa shape index (κ1) is 46.0. The predicted molar refractivity (Wildman–Crippen MR) is 210 cm³/mol. The number of ketones is 3. The smallest absolute Gasteiger partial charge is 0.303 e. The van der Waals surface area contributed by atoms with Gasteiger partial charge in [-0.15, -0.1) is 0 Å². The number of aliphatic hydroxyl groups is 1. The number of aryl methyl sites for hydroxylation is 1. The van der Waals surface area contributed by atoms with Crippen LogP contribution in [0.25, 0.3) is 11.1 Å². The molecule has 0 saturated carbocycles. The van der Waals surface area contributed by atoms with E-state index >= 15 is 0 Å². The number of hydrogen-bond acceptors (Lipinski definition) is 9. The molecule has 0 aliphatic rings. The third-order valence-corrected chi connectivity index (χ3v) is 9.90. The van der Waals surface area contributed by atoms with Crippen LogP contribution in [0.5, 0.6) is 0 Å². The van der Waals surface area contributed by atoms with E-state index in [1.165, 1.54) is 19.4 Å². The van der Waals surface area contributed by atoms with Crippen LogP contribution in [0.2, 0.25) is 12.6 Å². The lowest BCUT2D eigenvalue weighted by Gasteiger charge is -2.25. The number of unbranched alkanes of at least 4 members (excludes halogenated alkanes) is 2. The minimum absolute atomic E-state index is 0.0547. The van der Waals surface area contributed by atoms with Crippen molar-refractivity contribution in [1.82, 2.24) is 10.6 Å². The number of carboxylic acids is 1. The van der Waals surface area contributed by atoms with E-state index in [1.54, 1.807) is 25.9 Å². The Balaban J connectivity index is 2.12. The monoisotopic (exact) mass is 749 g/mol. The summed E-state index contributed by atoms with van der Waals surface area (Å²) in [6.07, 6.45) is 2.23. The number of nitrogens with one attached hydrogen (secondary N) is 2. The van der Waals surface area contributed by atoms with Gasteiger partial charge in [0, 0.05) is 43.1 Å². The van der Waals surface area contributed by atoms with Crippen molar-refractivity contribution in [1.29, 1.82) is 0 Å². The van der Waals surface area contributed by atoms with Crippen LogP contribution in [-0.4, -0.2) is 82.0 Å². The molecule has 0 heterocycles. The normalized spacial score (nSPS) is 14.5. The van der Waals surface area contributed by atoms with Crippen LogP contribution in [0.1, 0.15) is 108 Å². The highest BCUT2D eigenvalue weighted by atomic mass is 16.4. The minimum Gasteiger partial charge on any atom is -0.481 e. The summed E-state index contributed by atoms with van der Waals surface area (Å²) in [5.74, 6) is -6.12. The first-order valence-corrected chi connectivity index (χ1v) is 19.2. The van der Waals surface area contributed by atoms with Crippen LogP contribution in [0.15, 0.2) is 48.5 Å². The molecular formula is C41H60BN3O9. The molecule has 0 aliphatic carbocycles. The summed E-state index contributed by atoms with van der Waals surface area (Å²) >= 11 is 0. The number of nitrogens with two attached hydrogens (primary N) is 1. The lowest BCUT2D eigenvalue weighted by atomic mass is 9.58. The largest absolute Gasteiger partial charge is 0.481 e. The molecule has 0 radical (unpaired) electrons. The molecule has 6 atom stereocenters. The van der Waals surface area contributed by atoms with E-state index < -0.39 is 66.9 Å². The first-order valence-electron chi connectivity index (χ1n) is 19.2. The fourth-order valence-electron chi connectivity index (χ4n) is 6.07. The van der Waals surface area contributed by atoms with E-state index in [1.807, 2.05) is 24.3 Å². The maximum atomic E-state index is 13.5. The molecule has 296 valence electrons. The molecule has 13 heteroatoms. The lowest BCUT2D eigenvalue weighted by Crippen LogP contribution is -2.51. The van der Waals surface area contributed by atoms with Gasteiger partial charge in [0.2, 0.25) is 11.8 Å². The van der Waals surface area contributed by atoms with Crippen LogP contribution < -0.4 is 16.4 Å². The van der Waals surface area contributed by atoms with Crippen molar-refractivity contribution < 1.29 is 44.0 Å². The summed E-state index contributed by atoms with van der Waals surface area (Å²) in [5.41, 5.74) is 9.10. The number of benzene rings is 2. The van der Waals surface area contributed by atoms with Crippen LogP contribution in [-0.2, 0) is 30.4 Å². The zero-order chi connectivity index (χ0) is 40.4. The zero-order valence-corrected chi connectivity index (χ0v) is 32.5. The summed E-state index contributed by atoms with van der Waals surface area (Å²) in [5, 5.41) is 35.0. The van der Waals surface area contributed by atoms with E-state index in [-0.39, 0.29) is 43.1 Å². The van der Waals surface area contributed by atoms with Crippen LogP contribution in [0, 0.1) is 11.8 Å². The summed E-state index contributed by atoms with van der Waals surface area (Å²) in [6.45, 7) is 7.98. The molecule has 0 saturated heterocycles. The van der Waals surface area contributed by atoms with Crippen LogP contribution in [0.4, 0.5) is 0 Å². The Morgan fingerprint density at radius 2 is 1.39 bits per heavy atom. The summed E-state index contributed by atoms with van der Waals surface area (Å²) in [6, 6.07) is 12.9. The molecule has 2 rings (SSSR count). The second kappa shape index (κ2) is 23.6. The fraction of sp³-hybridized carbons (Fsp3) is 0.561. The summed E-state index contributed by atoms with van der Waals surface area (Å²) in [4.78, 5) is 77.9. The molecule has 0 unspecified atom stereocenters. The third kappa shape index (κ3) is 15.6. The number of Topliss-reactive ketones (excluding diaryl/α,β-unsaturated/α-hetero) is 3. The Morgan fingerprint density at radius 1 is 0.778 bits per heavy atom. The van der Waals surface area contributed by atoms with Gasteiger partial charge in [-0.25, -0.2) is 0 Å². The second-order valence-electron chi connectivity index (χ2n) is 14.7. The molecule has 2 amide bonds. The van der Waals surface area contributed by atoms with Crippen molar-refractivity contribution in [2.45, 2.75) is 129 Å². The lowest BCUT2D eigenvalue weighted by molar-refractivity contribution is -0.138. The topological polar surface area (TPSA) is 213 Å². The van der Waals surface area contributed by atoms with Gasteiger partial charge in [0.1, 0.15) is 6.04 Å². The molecule has 54 heavy (non-hydrogen) atoms. The van der Waals surface area contributed by atoms with Crippen molar-refractivity contribution >= 4 is 42.0 Å². The van der Waals surface area contributed by atoms with E-state index in [4.69, 9.17) is 5.73 Å². The van der Waals surface area contributed by atoms with Gasteiger partial charge in [-0.05, 0) is 74.5 Å². The van der Waals surface area contributed by atoms with Gasteiger partial charge in [-0.1, -0.05) is 82.5 Å². The van der Waals surface area contributed by atoms with Crippen LogP contribution >= 0.6 is 0 Å². The molecule has 12 nitrogen and oxygen atoms in total. The zero-order valence-electron chi connectivity index (χ0n) is 32.5. The maximum absolute atomic E-state index is 13.5. The molecule has 0 aromatic heterocycles. The van der Waals surface area contributed by atoms with E-state index in [0.717, 1.165) is 30.4 Å². The second-order valence-corrected chi connectivity index (χ2v) is 14.7. The van der Waals surface area contributed by atoms with Crippen molar-refractivity contribution in [3.63, 3.8) is 0 Å². The highest BCUT2D eigenvalue weighted by molar-refractivity contribution is 6.50. The van der Waals surface area contributed by atoms with Crippen molar-refractivity contribution in [3.8, 4) is 11.1 Å². The molecule has 2 aromatic rings. The summed E-state index contributed by atoms with van der Waals surface area (Å²) in [7, 11) is 0. The average molecular weight is 750 g/mol. The Labute approximate surface area is 320 Å². The highest BCUT2D eigenvalue weighted by Gasteiger charge is 2.33. The van der Waals surface area contributed by atoms with Gasteiger partial charge in [0.15, 0.2) is 17.3 Å². The Bertz CT molecular complexity index is 1530. The average Bonchev–Trinajstić information content (AvgIpc) is 3.13. The van der Waals surface area contributed by atoms with Crippen LogP contribution in [0.3, 0.4) is 0 Å². The van der Waals surface area contributed by atoms with E-state index in [0.29, 0.717) is 31.4 Å².